The molecule has 0 aliphatic carbocycles. The van der Waals surface area contributed by atoms with Gasteiger partial charge in [0.25, 0.3) is 5.56 Å². The molecule has 22 heteroatoms. The molecule has 7 rings (SSSR count). The van der Waals surface area contributed by atoms with Gasteiger partial charge in [-0.05, 0) is 113 Å². The van der Waals surface area contributed by atoms with E-state index in [2.05, 4.69) is 33.0 Å². The van der Waals surface area contributed by atoms with Crippen LogP contribution in [0.15, 0.2) is 76.9 Å². The monoisotopic (exact) mass is 1200 g/mol. The highest BCUT2D eigenvalue weighted by molar-refractivity contribution is 7.98. The standard InChI is InChI=1S/C63H77N7O13S2/c1-7-63(54-34-56-57-52(37-69(56)59(75)53(54)41-81-60(63)76)50(51-22-11-12-23-55(51)68-57)28-30-70(42(2)3)85(5,6)78)83-62(77)82-38-43-24-26-46(27-25-43)67-58(74)45(18-13-14-29-64)33-49(73)40-80-39-48(72)21-16-32-79-31-15-20-47(71)19-10-8-9-17-44-35-65-61(84-4)66-36-44/h11-12,22-27,34-36,42,45H,5,7-8,10,13-16,18-21,28-33,37-41,64H2,1-4,6H3,(H,67,74)/t45-,63+,85?/m1/s1. The molecule has 0 saturated carbocycles. The first-order chi connectivity index (χ1) is 40.8. The molecule has 0 fully saturated rings. The summed E-state index contributed by atoms with van der Waals surface area (Å²) in [5.41, 5.74) is 8.82. The second-order valence-electron chi connectivity index (χ2n) is 21.5. The van der Waals surface area contributed by atoms with Crippen LogP contribution in [0.4, 0.5) is 10.5 Å². The first kappa shape index (κ1) is 65.4. The maximum Gasteiger partial charge on any atom is 0.510 e. The molecule has 3 N–H and O–H groups in total. The quantitative estimate of drug-likeness (QED) is 0.00984. The number of para-hydroxylation sites is 1. The number of ether oxygens (including phenoxy) is 5. The van der Waals surface area contributed by atoms with Crippen LogP contribution in [0.3, 0.4) is 0 Å². The number of carbonyl (C=O) groups is 6. The second-order valence-corrected chi connectivity index (χ2v) is 24.7. The maximum absolute atomic E-state index is 14.4. The molecule has 0 spiro atoms. The van der Waals surface area contributed by atoms with E-state index in [4.69, 9.17) is 34.4 Å². The normalized spacial score (nSPS) is 15.2. The predicted octanol–water partition coefficient (Wildman–Crippen LogP) is 8.06. The molecule has 3 atom stereocenters. The molecule has 0 saturated heterocycles. The van der Waals surface area contributed by atoms with Gasteiger partial charge in [0.15, 0.2) is 16.7 Å². The Morgan fingerprint density at radius 2 is 1.64 bits per heavy atom. The third-order valence-corrected chi connectivity index (χ3v) is 17.0. The lowest BCUT2D eigenvalue weighted by Crippen LogP contribution is -2.47. The summed E-state index contributed by atoms with van der Waals surface area (Å²) in [6.07, 6.45) is 11.1. The fourth-order valence-corrected chi connectivity index (χ4v) is 12.1. The highest BCUT2D eigenvalue weighted by atomic mass is 32.2. The lowest BCUT2D eigenvalue weighted by Gasteiger charge is -2.35. The van der Waals surface area contributed by atoms with Crippen LogP contribution < -0.4 is 16.6 Å². The molecule has 5 heterocycles. The molecule has 85 heavy (non-hydrogen) atoms. The second kappa shape index (κ2) is 31.3. The Bertz CT molecular complexity index is 3450. The van der Waals surface area contributed by atoms with Gasteiger partial charge < -0.3 is 39.3 Å². The van der Waals surface area contributed by atoms with Crippen LogP contribution in [0.25, 0.3) is 22.3 Å². The number of esters is 1. The van der Waals surface area contributed by atoms with Crippen LogP contribution >= 0.6 is 11.8 Å². The number of rotatable bonds is 33. The molecule has 454 valence electrons. The van der Waals surface area contributed by atoms with Crippen LogP contribution in [-0.4, -0.2) is 127 Å². The van der Waals surface area contributed by atoms with Crippen LogP contribution in [-0.2, 0) is 89.1 Å². The van der Waals surface area contributed by atoms with Crippen molar-refractivity contribution in [2.75, 3.05) is 57.3 Å². The van der Waals surface area contributed by atoms with E-state index in [9.17, 15) is 37.8 Å². The van der Waals surface area contributed by atoms with Gasteiger partial charge in [-0.25, -0.2) is 28.8 Å². The predicted molar refractivity (Wildman–Crippen MR) is 326 cm³/mol. The van der Waals surface area contributed by atoms with Gasteiger partial charge in [0.2, 0.25) is 11.5 Å². The number of Topliss-reactive ketones (excluding diaryl/α,β-unsaturated/α-hetero) is 3. The van der Waals surface area contributed by atoms with Gasteiger partial charge in [0.1, 0.15) is 32.2 Å². The number of hydrogen-bond acceptors (Lipinski definition) is 18. The molecule has 0 bridgehead atoms. The fraction of sp³-hybridized carbons (Fsp3) is 0.476. The van der Waals surface area contributed by atoms with Gasteiger partial charge in [-0.15, -0.1) is 0 Å². The smallest absolute Gasteiger partial charge is 0.457 e. The zero-order valence-corrected chi connectivity index (χ0v) is 50.8. The number of unbranched alkanes of at least 4 members (excludes halogenated alkanes) is 2. The Balaban J connectivity index is 0.858. The van der Waals surface area contributed by atoms with Crippen molar-refractivity contribution in [3.63, 3.8) is 0 Å². The molecule has 3 aromatic heterocycles. The van der Waals surface area contributed by atoms with Gasteiger partial charge in [0.05, 0.1) is 34.6 Å². The Morgan fingerprint density at radius 1 is 0.929 bits per heavy atom. The van der Waals surface area contributed by atoms with E-state index in [1.807, 2.05) is 48.7 Å². The minimum atomic E-state index is -2.53. The van der Waals surface area contributed by atoms with Gasteiger partial charge in [-0.3, -0.25) is 28.2 Å². The van der Waals surface area contributed by atoms with Gasteiger partial charge in [-0.2, -0.15) is 0 Å². The van der Waals surface area contributed by atoms with Crippen molar-refractivity contribution in [2.24, 2.45) is 11.7 Å². The molecule has 2 aromatic carbocycles. The summed E-state index contributed by atoms with van der Waals surface area (Å²) in [7, 11) is -2.53. The molecule has 5 aromatic rings. The van der Waals surface area contributed by atoms with E-state index in [0.29, 0.717) is 124 Å². The van der Waals surface area contributed by atoms with E-state index in [1.165, 1.54) is 11.8 Å². The van der Waals surface area contributed by atoms with E-state index >= 15 is 0 Å². The van der Waals surface area contributed by atoms with Crippen molar-refractivity contribution in [1.82, 2.24) is 23.8 Å². The van der Waals surface area contributed by atoms with Crippen molar-refractivity contribution in [2.45, 2.75) is 141 Å². The molecule has 0 radical (unpaired) electrons. The minimum absolute atomic E-state index is 0.0371. The summed E-state index contributed by atoms with van der Waals surface area (Å²) in [4.78, 5) is 107. The van der Waals surface area contributed by atoms with E-state index in [0.717, 1.165) is 22.1 Å². The summed E-state index contributed by atoms with van der Waals surface area (Å²) in [5, 5.41) is 4.46. The zero-order chi connectivity index (χ0) is 61.1. The maximum atomic E-state index is 14.4. The Morgan fingerprint density at radius 3 is 2.33 bits per heavy atom. The lowest BCUT2D eigenvalue weighted by molar-refractivity contribution is -0.175. The average molecular weight is 1200 g/mol. The number of cyclic esters (lactones) is 1. The highest BCUT2D eigenvalue weighted by Crippen LogP contribution is 2.42. The van der Waals surface area contributed by atoms with Crippen molar-refractivity contribution >= 4 is 79.3 Å². The Kier molecular flexibility index (Phi) is 24.1. The van der Waals surface area contributed by atoms with Gasteiger partial charge in [0, 0.05) is 114 Å². The molecule has 2 aliphatic rings. The van der Waals surface area contributed by atoms with Crippen LogP contribution in [0.2, 0.25) is 0 Å². The number of benzene rings is 2. The SMILES string of the molecule is C=S(C)(=O)N(CCc1c2c(nc3ccccc13)-c1cc3c(c(=O)n1C2)COC(=O)[C@@]3(CC)OC(=O)OCc1ccc(NC(=O)[C@H](CCCCN)CC(=O)COCC(=O)CCCOCCCC(=O)CCCC#Cc2cnc(SC)nc2)cc1)C(C)C. The zero-order valence-electron chi connectivity index (χ0n) is 49.2. The summed E-state index contributed by atoms with van der Waals surface area (Å²) in [5.74, 6) is 7.70. The number of amides is 1. The molecule has 20 nitrogen and oxygen atoms in total. The fourth-order valence-electron chi connectivity index (χ4n) is 10.5. The summed E-state index contributed by atoms with van der Waals surface area (Å²) in [6.45, 7) is 6.23. The summed E-state index contributed by atoms with van der Waals surface area (Å²) in [6, 6.07) is 15.8. The van der Waals surface area contributed by atoms with Crippen molar-refractivity contribution in [3.05, 3.63) is 111 Å². The number of anilines is 1. The van der Waals surface area contributed by atoms with Crippen molar-refractivity contribution < 1.29 is 56.7 Å². The summed E-state index contributed by atoms with van der Waals surface area (Å²) >= 11 is 1.46. The topological polar surface area (TPSA) is 268 Å². The van der Waals surface area contributed by atoms with Crippen LogP contribution in [0, 0.1) is 17.8 Å². The van der Waals surface area contributed by atoms with Gasteiger partial charge in [-0.1, -0.05) is 67.3 Å². The molecule has 1 unspecified atom stereocenters. The number of hydrogen-bond donors (Lipinski definition) is 2. The molecule has 1 amide bonds. The van der Waals surface area contributed by atoms with Crippen molar-refractivity contribution in [3.8, 4) is 23.2 Å². The third kappa shape index (κ3) is 17.7. The van der Waals surface area contributed by atoms with E-state index in [1.54, 1.807) is 60.5 Å². The number of pyridine rings is 2. The first-order valence-electron chi connectivity index (χ1n) is 28.8. The lowest BCUT2D eigenvalue weighted by atomic mass is 9.85. The number of nitrogens with zero attached hydrogens (tertiary/aromatic N) is 5. The van der Waals surface area contributed by atoms with Crippen LogP contribution in [0.5, 0.6) is 0 Å². The number of fused-ring (bicyclic) bond motifs is 5. The van der Waals surface area contributed by atoms with E-state index in [-0.39, 0.29) is 92.7 Å². The summed E-state index contributed by atoms with van der Waals surface area (Å²) < 4.78 is 44.7. The van der Waals surface area contributed by atoms with Gasteiger partial charge >= 0.3 is 12.1 Å². The average Bonchev–Trinajstić information content (AvgIpc) is 1.70. The Hall–Kier alpha value is -7.13. The highest BCUT2D eigenvalue weighted by Gasteiger charge is 2.51. The van der Waals surface area contributed by atoms with Crippen molar-refractivity contribution in [1.29, 1.82) is 0 Å². The Labute approximate surface area is 501 Å². The number of nitrogens with two attached hydrogens (primary N) is 1. The molecular weight excluding hydrogens is 1130 g/mol. The molecular formula is C63H77N7O13S2. The van der Waals surface area contributed by atoms with Crippen LogP contribution in [0.1, 0.15) is 131 Å². The third-order valence-electron chi connectivity index (χ3n) is 14.8. The number of aromatic nitrogens is 4. The number of carbonyl (C=O) groups excluding carboxylic acids is 6. The molecule has 2 aliphatic heterocycles. The number of ketones is 3. The number of nitrogens with one attached hydrogen (secondary N) is 1. The first-order valence-corrected chi connectivity index (χ1v) is 32.1. The van der Waals surface area contributed by atoms with E-state index < -0.39 is 38.9 Å². The minimum Gasteiger partial charge on any atom is -0.457 e. The largest absolute Gasteiger partial charge is 0.510 e. The number of thioether (sulfide) groups is 1.